The van der Waals surface area contributed by atoms with Gasteiger partial charge in [-0.3, -0.25) is 9.59 Å². The third-order valence-electron chi connectivity index (χ3n) is 9.70. The topological polar surface area (TPSA) is 134 Å². The van der Waals surface area contributed by atoms with Crippen molar-refractivity contribution in [2.75, 3.05) is 6.61 Å². The van der Waals surface area contributed by atoms with Crippen LogP contribution in [0.5, 0.6) is 5.75 Å². The summed E-state index contributed by atoms with van der Waals surface area (Å²) in [6, 6.07) is 27.6. The van der Waals surface area contributed by atoms with Crippen molar-refractivity contribution in [2.24, 2.45) is 0 Å². The Bertz CT molecular complexity index is 1980. The molecule has 0 saturated carbocycles. The van der Waals surface area contributed by atoms with Crippen molar-refractivity contribution in [3.63, 3.8) is 0 Å². The summed E-state index contributed by atoms with van der Waals surface area (Å²) in [5.41, 5.74) is 5.59. The fourth-order valence-corrected chi connectivity index (χ4v) is 6.38. The SMILES string of the molecule is CCCCCCCOc1ccc(-c2cnc(-c3ccc(C[C@H](NC(=O)c4ccc(C(C)(C)C)cc4)C(=O)NC(Cc4ccc(Cl)cc4)C(O)O)cc3)nc2)cc1. The Morgan fingerprint density at radius 3 is 1.91 bits per heavy atom. The highest BCUT2D eigenvalue weighted by atomic mass is 35.5. The van der Waals surface area contributed by atoms with Crippen molar-refractivity contribution in [1.29, 1.82) is 0 Å². The Hall–Kier alpha value is -5.09. The predicted molar refractivity (Wildman–Crippen MR) is 223 cm³/mol. The van der Waals surface area contributed by atoms with E-state index in [1.54, 1.807) is 48.8 Å². The molecule has 0 saturated heterocycles. The first-order valence-corrected chi connectivity index (χ1v) is 19.7. The van der Waals surface area contributed by atoms with Gasteiger partial charge in [-0.1, -0.05) is 126 Å². The van der Waals surface area contributed by atoms with E-state index in [-0.39, 0.29) is 18.3 Å². The summed E-state index contributed by atoms with van der Waals surface area (Å²) in [7, 11) is 0. The number of halogens is 1. The van der Waals surface area contributed by atoms with Crippen LogP contribution in [-0.2, 0) is 23.1 Å². The van der Waals surface area contributed by atoms with Crippen molar-refractivity contribution >= 4 is 23.4 Å². The molecule has 0 bridgehead atoms. The lowest BCUT2D eigenvalue weighted by atomic mass is 9.86. The number of aromatic nitrogens is 2. The largest absolute Gasteiger partial charge is 0.494 e. The van der Waals surface area contributed by atoms with Crippen molar-refractivity contribution in [2.45, 2.75) is 96.4 Å². The number of ether oxygens (including phenoxy) is 1. The molecule has 0 aliphatic carbocycles. The van der Waals surface area contributed by atoms with Crippen LogP contribution in [0.15, 0.2) is 109 Å². The molecule has 1 aromatic heterocycles. The maximum absolute atomic E-state index is 13.8. The third kappa shape index (κ3) is 12.5. The first-order valence-electron chi connectivity index (χ1n) is 19.4. The van der Waals surface area contributed by atoms with Crippen LogP contribution in [0.3, 0.4) is 0 Å². The van der Waals surface area contributed by atoms with Crippen LogP contribution in [0.1, 0.15) is 86.8 Å². The molecule has 0 fully saturated rings. The molecule has 4 aromatic carbocycles. The molecule has 0 aliphatic heterocycles. The summed E-state index contributed by atoms with van der Waals surface area (Å²) in [5, 5.41) is 26.6. The molecule has 1 heterocycles. The maximum atomic E-state index is 13.8. The van der Waals surface area contributed by atoms with Gasteiger partial charge in [0, 0.05) is 40.5 Å². The lowest BCUT2D eigenvalue weighted by Gasteiger charge is -2.25. The zero-order valence-electron chi connectivity index (χ0n) is 32.7. The summed E-state index contributed by atoms with van der Waals surface area (Å²) in [5.74, 6) is 0.419. The lowest BCUT2D eigenvalue weighted by Crippen LogP contribution is -2.54. The minimum Gasteiger partial charge on any atom is -0.494 e. The maximum Gasteiger partial charge on any atom is 0.251 e. The molecule has 0 radical (unpaired) electrons. The molecule has 5 rings (SSSR count). The second-order valence-corrected chi connectivity index (χ2v) is 15.6. The van der Waals surface area contributed by atoms with Crippen LogP contribution in [0.25, 0.3) is 22.5 Å². The average molecular weight is 777 g/mol. The number of nitrogens with one attached hydrogen (secondary N) is 2. The molecular weight excluding hydrogens is 724 g/mol. The molecule has 2 amide bonds. The number of carbonyl (C=O) groups excluding carboxylic acids is 2. The van der Waals surface area contributed by atoms with Gasteiger partial charge in [0.1, 0.15) is 11.8 Å². The van der Waals surface area contributed by atoms with Crippen molar-refractivity contribution in [3.05, 3.63) is 137 Å². The standard InChI is InChI=1S/C46H53ClN4O5/c1-5-6-7-8-9-26-56-39-24-18-33(19-25-39)36-29-48-42(49-30-36)34-14-10-31(11-15-34)27-40(50-43(52)35-16-20-37(21-17-35)46(2,3)4)44(53)51-41(45(54)55)28-32-12-22-38(47)23-13-32/h10-25,29-30,40-41,45,54-55H,5-9,26-28H2,1-4H3,(H,50,52)(H,51,53)/t40-,41?/m0/s1. The average Bonchev–Trinajstić information content (AvgIpc) is 3.19. The first-order chi connectivity index (χ1) is 26.9. The highest BCUT2D eigenvalue weighted by Gasteiger charge is 2.27. The van der Waals surface area contributed by atoms with Gasteiger partial charge in [-0.05, 0) is 76.9 Å². The lowest BCUT2D eigenvalue weighted by molar-refractivity contribution is -0.128. The molecule has 2 atom stereocenters. The Kier molecular flexibility index (Phi) is 15.2. The van der Waals surface area contributed by atoms with E-state index in [9.17, 15) is 19.8 Å². The van der Waals surface area contributed by atoms with E-state index in [2.05, 4.69) is 48.3 Å². The number of aliphatic hydroxyl groups is 2. The zero-order valence-corrected chi connectivity index (χ0v) is 33.4. The monoisotopic (exact) mass is 776 g/mol. The van der Waals surface area contributed by atoms with Gasteiger partial charge in [0.15, 0.2) is 12.1 Å². The molecule has 0 spiro atoms. The van der Waals surface area contributed by atoms with Crippen LogP contribution in [0.2, 0.25) is 5.02 Å². The van der Waals surface area contributed by atoms with E-state index in [1.165, 1.54) is 25.7 Å². The number of carbonyl (C=O) groups is 2. The number of benzene rings is 4. The predicted octanol–water partition coefficient (Wildman–Crippen LogP) is 8.49. The van der Waals surface area contributed by atoms with Gasteiger partial charge in [0.2, 0.25) is 5.91 Å². The molecule has 1 unspecified atom stereocenters. The minimum atomic E-state index is -1.84. The van der Waals surface area contributed by atoms with Gasteiger partial charge in [-0.15, -0.1) is 0 Å². The second kappa shape index (κ2) is 20.2. The second-order valence-electron chi connectivity index (χ2n) is 15.2. The Balaban J connectivity index is 1.26. The van der Waals surface area contributed by atoms with Crippen molar-refractivity contribution < 1.29 is 24.5 Å². The number of amides is 2. The van der Waals surface area contributed by atoms with Gasteiger partial charge in [0.05, 0.1) is 12.6 Å². The third-order valence-corrected chi connectivity index (χ3v) is 9.95. The number of nitrogens with zero attached hydrogens (tertiary/aromatic N) is 2. The van der Waals surface area contributed by atoms with Crippen LogP contribution in [0.4, 0.5) is 0 Å². The number of aliphatic hydroxyl groups excluding tert-OH is 1. The fourth-order valence-electron chi connectivity index (χ4n) is 6.25. The van der Waals surface area contributed by atoms with Crippen LogP contribution in [-0.4, -0.2) is 57.0 Å². The quantitative estimate of drug-likeness (QED) is 0.0518. The van der Waals surface area contributed by atoms with Crippen molar-refractivity contribution in [3.8, 4) is 28.3 Å². The summed E-state index contributed by atoms with van der Waals surface area (Å²) in [6.07, 6.45) is 8.01. The molecule has 5 aromatic rings. The number of rotatable bonds is 18. The van der Waals surface area contributed by atoms with E-state index >= 15 is 0 Å². The van der Waals surface area contributed by atoms with E-state index in [0.29, 0.717) is 23.0 Å². The number of hydrogen-bond donors (Lipinski definition) is 4. The molecular formula is C46H53ClN4O5. The van der Waals surface area contributed by atoms with E-state index in [0.717, 1.165) is 45.6 Å². The molecule has 56 heavy (non-hydrogen) atoms. The molecule has 294 valence electrons. The first kappa shape index (κ1) is 42.1. The van der Waals surface area contributed by atoms with Crippen LogP contribution < -0.4 is 15.4 Å². The Morgan fingerprint density at radius 2 is 1.30 bits per heavy atom. The van der Waals surface area contributed by atoms with E-state index in [1.807, 2.05) is 60.7 Å². The van der Waals surface area contributed by atoms with Crippen LogP contribution in [0, 0.1) is 0 Å². The normalized spacial score (nSPS) is 12.6. The number of hydrogen-bond acceptors (Lipinski definition) is 7. The zero-order chi connectivity index (χ0) is 40.1. The summed E-state index contributed by atoms with van der Waals surface area (Å²) < 4.78 is 5.91. The van der Waals surface area contributed by atoms with Gasteiger partial charge in [-0.25, -0.2) is 9.97 Å². The van der Waals surface area contributed by atoms with E-state index < -0.39 is 30.2 Å². The smallest absolute Gasteiger partial charge is 0.251 e. The highest BCUT2D eigenvalue weighted by molar-refractivity contribution is 6.30. The van der Waals surface area contributed by atoms with Crippen molar-refractivity contribution in [1.82, 2.24) is 20.6 Å². The van der Waals surface area contributed by atoms with Gasteiger partial charge < -0.3 is 25.6 Å². The fraction of sp³-hybridized carbons (Fsp3) is 0.348. The van der Waals surface area contributed by atoms with Crippen LogP contribution >= 0.6 is 11.6 Å². The van der Waals surface area contributed by atoms with Gasteiger partial charge in [0.25, 0.3) is 5.91 Å². The summed E-state index contributed by atoms with van der Waals surface area (Å²) >= 11 is 6.03. The molecule has 9 nitrogen and oxygen atoms in total. The summed E-state index contributed by atoms with van der Waals surface area (Å²) in [4.78, 5) is 36.5. The van der Waals surface area contributed by atoms with E-state index in [4.69, 9.17) is 16.3 Å². The minimum absolute atomic E-state index is 0.0877. The Labute approximate surface area is 335 Å². The Morgan fingerprint density at radius 1 is 0.714 bits per heavy atom. The van der Waals surface area contributed by atoms with Gasteiger partial charge in [-0.2, -0.15) is 0 Å². The number of unbranched alkanes of at least 4 members (excludes halogenated alkanes) is 4. The highest BCUT2D eigenvalue weighted by Crippen LogP contribution is 2.25. The molecule has 10 heteroatoms. The molecule has 4 N–H and O–H groups in total. The summed E-state index contributed by atoms with van der Waals surface area (Å²) in [6.45, 7) is 9.21. The van der Waals surface area contributed by atoms with Gasteiger partial charge >= 0.3 is 0 Å². The molecule has 0 aliphatic rings.